The Bertz CT molecular complexity index is 843. The zero-order chi connectivity index (χ0) is 22.7. The Morgan fingerprint density at radius 2 is 1.97 bits per heavy atom. The standard InChI is InChI=1S/C20H25F3N4O3/c1-12(25-18(29)30-19(2,3)4)17(28)26-15-7-8-27(11-15)16-9-14(20(21,22)23)6-5-13(16)10-24/h5-6,9,12,15H,7-8,11H2,1-4H3,(H,25,29)(H,26,28). The second-order valence-electron chi connectivity index (χ2n) is 8.15. The Morgan fingerprint density at radius 1 is 1.30 bits per heavy atom. The quantitative estimate of drug-likeness (QED) is 0.771. The number of anilines is 1. The minimum atomic E-state index is -4.52. The highest BCUT2D eigenvalue weighted by Crippen LogP contribution is 2.34. The molecule has 1 aliphatic rings. The molecule has 0 aliphatic carbocycles. The molecule has 10 heteroatoms. The Balaban J connectivity index is 2.00. The fourth-order valence-electron chi connectivity index (χ4n) is 3.04. The van der Waals surface area contributed by atoms with E-state index in [0.29, 0.717) is 13.0 Å². The van der Waals surface area contributed by atoms with Gasteiger partial charge in [-0.3, -0.25) is 4.79 Å². The Kier molecular flexibility index (Phi) is 6.85. The largest absolute Gasteiger partial charge is 0.444 e. The summed E-state index contributed by atoms with van der Waals surface area (Å²) in [4.78, 5) is 25.8. The lowest BCUT2D eigenvalue weighted by Crippen LogP contribution is -2.49. The van der Waals surface area contributed by atoms with E-state index in [1.54, 1.807) is 25.7 Å². The van der Waals surface area contributed by atoms with E-state index in [2.05, 4.69) is 10.6 Å². The van der Waals surface area contributed by atoms with E-state index in [1.807, 2.05) is 6.07 Å². The van der Waals surface area contributed by atoms with Crippen molar-refractivity contribution in [3.63, 3.8) is 0 Å². The molecule has 2 amide bonds. The molecule has 164 valence electrons. The first-order valence-electron chi connectivity index (χ1n) is 9.46. The van der Waals surface area contributed by atoms with Crippen molar-refractivity contribution >= 4 is 17.7 Å². The van der Waals surface area contributed by atoms with Crippen molar-refractivity contribution in [1.82, 2.24) is 10.6 Å². The smallest absolute Gasteiger partial charge is 0.416 e. The maximum atomic E-state index is 13.0. The SMILES string of the molecule is CC(NC(=O)OC(C)(C)C)C(=O)NC1CCN(c2cc(C(F)(F)F)ccc2C#N)C1. The van der Waals surface area contributed by atoms with Gasteiger partial charge in [-0.25, -0.2) is 4.79 Å². The van der Waals surface area contributed by atoms with Crippen LogP contribution in [0.3, 0.4) is 0 Å². The average Bonchev–Trinajstić information content (AvgIpc) is 3.06. The number of nitriles is 1. The average molecular weight is 426 g/mol. The maximum absolute atomic E-state index is 13.0. The van der Waals surface area contributed by atoms with Gasteiger partial charge in [0.15, 0.2) is 0 Å². The summed E-state index contributed by atoms with van der Waals surface area (Å²) >= 11 is 0. The number of ether oxygens (including phenoxy) is 1. The van der Waals surface area contributed by atoms with E-state index in [0.717, 1.165) is 18.2 Å². The number of nitrogens with one attached hydrogen (secondary N) is 2. The zero-order valence-corrected chi connectivity index (χ0v) is 17.3. The van der Waals surface area contributed by atoms with Crippen LogP contribution in [0.2, 0.25) is 0 Å². The van der Waals surface area contributed by atoms with Crippen LogP contribution >= 0.6 is 0 Å². The molecule has 2 rings (SSSR count). The molecular weight excluding hydrogens is 401 g/mol. The minimum absolute atomic E-state index is 0.134. The minimum Gasteiger partial charge on any atom is -0.444 e. The lowest BCUT2D eigenvalue weighted by atomic mass is 10.1. The van der Waals surface area contributed by atoms with Gasteiger partial charge in [0, 0.05) is 19.1 Å². The first-order chi connectivity index (χ1) is 13.8. The van der Waals surface area contributed by atoms with Crippen molar-refractivity contribution in [3.05, 3.63) is 29.3 Å². The van der Waals surface area contributed by atoms with Gasteiger partial charge in [-0.15, -0.1) is 0 Å². The second-order valence-corrected chi connectivity index (χ2v) is 8.15. The number of hydrogen-bond donors (Lipinski definition) is 2. The number of rotatable bonds is 4. The molecule has 1 fully saturated rings. The van der Waals surface area contributed by atoms with Crippen molar-refractivity contribution in [1.29, 1.82) is 5.26 Å². The number of nitrogens with zero attached hydrogens (tertiary/aromatic N) is 2. The molecule has 0 aromatic heterocycles. The number of hydrogen-bond acceptors (Lipinski definition) is 5. The van der Waals surface area contributed by atoms with Gasteiger partial charge in [-0.05, 0) is 52.3 Å². The summed E-state index contributed by atoms with van der Waals surface area (Å²) in [5.41, 5.74) is -1.21. The normalized spacial score (nSPS) is 17.8. The number of carbonyl (C=O) groups is 2. The maximum Gasteiger partial charge on any atom is 0.416 e. The summed E-state index contributed by atoms with van der Waals surface area (Å²) in [5, 5.41) is 14.5. The third-order valence-corrected chi connectivity index (χ3v) is 4.45. The molecule has 2 unspecified atom stereocenters. The topological polar surface area (TPSA) is 94.5 Å². The van der Waals surface area contributed by atoms with Crippen molar-refractivity contribution in [2.24, 2.45) is 0 Å². The summed E-state index contributed by atoms with van der Waals surface area (Å²) < 4.78 is 44.2. The summed E-state index contributed by atoms with van der Waals surface area (Å²) in [5.74, 6) is -0.433. The molecule has 0 bridgehead atoms. The molecule has 1 aromatic rings. The predicted molar refractivity (Wildman–Crippen MR) is 104 cm³/mol. The van der Waals surface area contributed by atoms with Crippen LogP contribution in [0.25, 0.3) is 0 Å². The Hall–Kier alpha value is -2.96. The molecule has 1 heterocycles. The number of alkyl carbamates (subject to hydrolysis) is 1. The van der Waals surface area contributed by atoms with Crippen LogP contribution in [0.5, 0.6) is 0 Å². The van der Waals surface area contributed by atoms with E-state index in [9.17, 15) is 28.0 Å². The number of halogens is 3. The molecule has 0 spiro atoms. The van der Waals surface area contributed by atoms with Gasteiger partial charge < -0.3 is 20.3 Å². The molecule has 2 atom stereocenters. The lowest BCUT2D eigenvalue weighted by Gasteiger charge is -2.23. The summed E-state index contributed by atoms with van der Waals surface area (Å²) in [7, 11) is 0. The van der Waals surface area contributed by atoms with Gasteiger partial charge in [-0.1, -0.05) is 0 Å². The third kappa shape index (κ3) is 6.27. The number of carbonyl (C=O) groups excluding carboxylic acids is 2. The molecule has 7 nitrogen and oxygen atoms in total. The summed E-state index contributed by atoms with van der Waals surface area (Å²) in [6, 6.07) is 3.71. The first kappa shape index (κ1) is 23.3. The van der Waals surface area contributed by atoms with E-state index >= 15 is 0 Å². The van der Waals surface area contributed by atoms with Crippen LogP contribution in [0.1, 0.15) is 45.2 Å². The fourth-order valence-corrected chi connectivity index (χ4v) is 3.04. The van der Waals surface area contributed by atoms with E-state index in [1.165, 1.54) is 6.92 Å². The second kappa shape index (κ2) is 8.81. The van der Waals surface area contributed by atoms with Crippen molar-refractivity contribution in [2.45, 2.75) is 58.0 Å². The van der Waals surface area contributed by atoms with Crippen molar-refractivity contribution in [3.8, 4) is 6.07 Å². The molecule has 1 aromatic carbocycles. The third-order valence-electron chi connectivity index (χ3n) is 4.45. The van der Waals surface area contributed by atoms with Crippen LogP contribution in [0.15, 0.2) is 18.2 Å². The molecule has 0 radical (unpaired) electrons. The van der Waals surface area contributed by atoms with Gasteiger partial charge in [-0.2, -0.15) is 18.4 Å². The summed E-state index contributed by atoms with van der Waals surface area (Å²) in [6.45, 7) is 7.25. The Labute approximate surface area is 173 Å². The molecule has 2 N–H and O–H groups in total. The lowest BCUT2D eigenvalue weighted by molar-refractivity contribution is -0.137. The van der Waals surface area contributed by atoms with Crippen LogP contribution in [-0.2, 0) is 15.7 Å². The van der Waals surface area contributed by atoms with Crippen LogP contribution in [0.4, 0.5) is 23.7 Å². The highest BCUT2D eigenvalue weighted by atomic mass is 19.4. The van der Waals surface area contributed by atoms with Gasteiger partial charge in [0.2, 0.25) is 5.91 Å². The molecular formula is C20H25F3N4O3. The fraction of sp³-hybridized carbons (Fsp3) is 0.550. The molecule has 0 saturated carbocycles. The van der Waals surface area contributed by atoms with Crippen LogP contribution in [-0.4, -0.2) is 42.8 Å². The molecule has 1 aliphatic heterocycles. The highest BCUT2D eigenvalue weighted by Gasteiger charge is 2.33. The number of benzene rings is 1. The van der Waals surface area contributed by atoms with Crippen molar-refractivity contribution in [2.75, 3.05) is 18.0 Å². The number of alkyl halides is 3. The van der Waals surface area contributed by atoms with Crippen molar-refractivity contribution < 1.29 is 27.5 Å². The van der Waals surface area contributed by atoms with E-state index in [-0.39, 0.29) is 23.8 Å². The highest BCUT2D eigenvalue weighted by molar-refractivity contribution is 5.85. The van der Waals surface area contributed by atoms with Gasteiger partial charge in [0.05, 0.1) is 16.8 Å². The van der Waals surface area contributed by atoms with E-state index in [4.69, 9.17) is 4.74 Å². The predicted octanol–water partition coefficient (Wildman–Crippen LogP) is 3.19. The molecule has 1 saturated heterocycles. The monoisotopic (exact) mass is 426 g/mol. The van der Waals surface area contributed by atoms with E-state index < -0.39 is 35.4 Å². The number of amides is 2. The Morgan fingerprint density at radius 3 is 2.53 bits per heavy atom. The van der Waals surface area contributed by atoms with Gasteiger partial charge >= 0.3 is 12.3 Å². The van der Waals surface area contributed by atoms with Gasteiger partial charge in [0.1, 0.15) is 17.7 Å². The first-order valence-corrected chi connectivity index (χ1v) is 9.46. The van der Waals surface area contributed by atoms with Gasteiger partial charge in [0.25, 0.3) is 0 Å². The van der Waals surface area contributed by atoms with Crippen LogP contribution in [0, 0.1) is 11.3 Å². The van der Waals surface area contributed by atoms with Crippen LogP contribution < -0.4 is 15.5 Å². The summed E-state index contributed by atoms with van der Waals surface area (Å²) in [6.07, 6.45) is -4.74. The molecule has 30 heavy (non-hydrogen) atoms. The zero-order valence-electron chi connectivity index (χ0n) is 17.3.